The van der Waals surface area contributed by atoms with Crippen LogP contribution < -0.4 is 19.6 Å². The number of ether oxygens (including phenoxy) is 3. The molecule has 0 bridgehead atoms. The third kappa shape index (κ3) is 8.00. The van der Waals surface area contributed by atoms with Crippen LogP contribution in [0, 0.1) is 0 Å². The Kier molecular flexibility index (Phi) is 10.2. The number of carbonyl (C=O) groups is 2. The Morgan fingerprint density at radius 3 is 2.47 bits per heavy atom. The van der Waals surface area contributed by atoms with Crippen LogP contribution in [0.4, 0.5) is 0 Å². The van der Waals surface area contributed by atoms with Crippen LogP contribution in [-0.2, 0) is 11.2 Å². The number of esters is 1. The second-order valence-corrected chi connectivity index (χ2v) is 8.60. The molecule has 3 aromatic carbocycles. The number of hydrazone groups is 1. The Morgan fingerprint density at radius 2 is 1.78 bits per heavy atom. The van der Waals surface area contributed by atoms with E-state index in [-0.39, 0.29) is 22.9 Å². The zero-order chi connectivity index (χ0) is 25.9. The quantitative estimate of drug-likeness (QED) is 0.141. The molecular weight excluding hydrogens is 503 g/mol. The monoisotopic (exact) mass is 528 g/mol. The molecule has 0 aromatic heterocycles. The van der Waals surface area contributed by atoms with E-state index < -0.39 is 11.9 Å². The molecule has 7 nitrogen and oxygen atoms in total. The molecule has 188 valence electrons. The number of unbranched alkanes of at least 4 members (excludes halogenated alkanes) is 1. The normalized spacial score (nSPS) is 10.8. The zero-order valence-corrected chi connectivity index (χ0v) is 21.4. The van der Waals surface area contributed by atoms with Crippen molar-refractivity contribution in [1.29, 1.82) is 0 Å². The number of rotatable bonds is 11. The van der Waals surface area contributed by atoms with Crippen molar-refractivity contribution in [3.05, 3.63) is 87.4 Å². The summed E-state index contributed by atoms with van der Waals surface area (Å²) in [6, 6.07) is 17.0. The highest BCUT2D eigenvalue weighted by molar-refractivity contribution is 6.36. The SMILES string of the molecule is CCCCc1ccc(OCC(=O)N/N=C/c2ccc(OC(=O)c3ccc(Cl)cc3Cl)c(OC)c2)cc1. The molecule has 0 spiro atoms. The van der Waals surface area contributed by atoms with Crippen LogP contribution in [0.15, 0.2) is 65.8 Å². The van der Waals surface area contributed by atoms with Gasteiger partial charge in [-0.1, -0.05) is 48.7 Å². The van der Waals surface area contributed by atoms with Crippen LogP contribution in [0.2, 0.25) is 10.0 Å². The molecule has 0 unspecified atom stereocenters. The highest BCUT2D eigenvalue weighted by atomic mass is 35.5. The molecule has 3 aromatic rings. The minimum atomic E-state index is -0.653. The molecule has 0 aliphatic rings. The number of benzene rings is 3. The van der Waals surface area contributed by atoms with Gasteiger partial charge in [-0.3, -0.25) is 4.79 Å². The fraction of sp³-hybridized carbons (Fsp3) is 0.222. The number of amides is 1. The maximum absolute atomic E-state index is 12.5. The lowest BCUT2D eigenvalue weighted by atomic mass is 10.1. The van der Waals surface area contributed by atoms with Gasteiger partial charge < -0.3 is 14.2 Å². The Bertz CT molecular complexity index is 1230. The van der Waals surface area contributed by atoms with E-state index in [4.69, 9.17) is 37.4 Å². The predicted octanol–water partition coefficient (Wildman–Crippen LogP) is 6.09. The minimum Gasteiger partial charge on any atom is -0.493 e. The highest BCUT2D eigenvalue weighted by Gasteiger charge is 2.16. The second-order valence-electron chi connectivity index (χ2n) is 7.75. The molecule has 3 rings (SSSR count). The number of nitrogens with zero attached hydrogens (tertiary/aromatic N) is 1. The van der Waals surface area contributed by atoms with Crippen molar-refractivity contribution >= 4 is 41.3 Å². The van der Waals surface area contributed by atoms with Crippen molar-refractivity contribution in [2.24, 2.45) is 5.10 Å². The van der Waals surface area contributed by atoms with Gasteiger partial charge in [-0.2, -0.15) is 5.10 Å². The van der Waals surface area contributed by atoms with E-state index in [0.717, 1.165) is 19.3 Å². The summed E-state index contributed by atoms with van der Waals surface area (Å²) in [6.07, 6.45) is 4.74. The van der Waals surface area contributed by atoms with E-state index in [1.54, 1.807) is 24.3 Å². The van der Waals surface area contributed by atoms with Crippen LogP contribution >= 0.6 is 23.2 Å². The smallest absolute Gasteiger partial charge is 0.345 e. The van der Waals surface area contributed by atoms with Gasteiger partial charge in [-0.15, -0.1) is 0 Å². The van der Waals surface area contributed by atoms with E-state index in [0.29, 0.717) is 22.1 Å². The molecule has 9 heteroatoms. The molecule has 0 aliphatic carbocycles. The number of hydrogen-bond donors (Lipinski definition) is 1. The van der Waals surface area contributed by atoms with E-state index >= 15 is 0 Å². The third-order valence-corrected chi connectivity index (χ3v) is 5.60. The highest BCUT2D eigenvalue weighted by Crippen LogP contribution is 2.30. The summed E-state index contributed by atoms with van der Waals surface area (Å²) in [4.78, 5) is 24.5. The summed E-state index contributed by atoms with van der Waals surface area (Å²) in [5, 5.41) is 4.53. The molecule has 0 heterocycles. The van der Waals surface area contributed by atoms with Gasteiger partial charge in [0.2, 0.25) is 0 Å². The number of hydrogen-bond acceptors (Lipinski definition) is 6. The van der Waals surface area contributed by atoms with Gasteiger partial charge in [-0.25, -0.2) is 10.2 Å². The van der Waals surface area contributed by atoms with Gasteiger partial charge in [0.25, 0.3) is 5.91 Å². The summed E-state index contributed by atoms with van der Waals surface area (Å²) in [5.41, 5.74) is 4.43. The summed E-state index contributed by atoms with van der Waals surface area (Å²) in [7, 11) is 1.44. The largest absolute Gasteiger partial charge is 0.493 e. The number of aryl methyl sites for hydroxylation is 1. The Labute approximate surface area is 220 Å². The Morgan fingerprint density at radius 1 is 1.00 bits per heavy atom. The first kappa shape index (κ1) is 27.0. The minimum absolute atomic E-state index is 0.170. The van der Waals surface area contributed by atoms with Crippen LogP contribution in [0.3, 0.4) is 0 Å². The third-order valence-electron chi connectivity index (χ3n) is 5.06. The number of halogens is 2. The van der Waals surface area contributed by atoms with Crippen molar-refractivity contribution in [2.45, 2.75) is 26.2 Å². The molecule has 0 saturated heterocycles. The maximum atomic E-state index is 12.5. The molecular formula is C27H26Cl2N2O5. The van der Waals surface area contributed by atoms with E-state index in [2.05, 4.69) is 17.5 Å². The standard InChI is InChI=1S/C27H26Cl2N2O5/c1-3-4-5-18-6-10-21(11-7-18)35-17-26(32)31-30-16-19-8-13-24(25(14-19)34-2)36-27(33)22-12-9-20(28)15-23(22)29/h6-16H,3-5,17H2,1-2H3,(H,31,32)/b30-16+. The number of methoxy groups -OCH3 is 1. The molecule has 0 aliphatic heterocycles. The lowest BCUT2D eigenvalue weighted by molar-refractivity contribution is -0.123. The molecule has 0 fully saturated rings. The van der Waals surface area contributed by atoms with Crippen molar-refractivity contribution in [1.82, 2.24) is 5.43 Å². The predicted molar refractivity (Wildman–Crippen MR) is 141 cm³/mol. The van der Waals surface area contributed by atoms with Crippen molar-refractivity contribution in [2.75, 3.05) is 13.7 Å². The van der Waals surface area contributed by atoms with Crippen LogP contribution in [0.1, 0.15) is 41.3 Å². The zero-order valence-electron chi connectivity index (χ0n) is 19.9. The first-order valence-corrected chi connectivity index (χ1v) is 12.0. The fourth-order valence-corrected chi connectivity index (χ4v) is 3.64. The van der Waals surface area contributed by atoms with Gasteiger partial charge in [0.1, 0.15) is 5.75 Å². The van der Waals surface area contributed by atoms with Crippen LogP contribution in [0.5, 0.6) is 17.2 Å². The average molecular weight is 529 g/mol. The average Bonchev–Trinajstić information content (AvgIpc) is 2.87. The lowest BCUT2D eigenvalue weighted by Crippen LogP contribution is -2.24. The topological polar surface area (TPSA) is 86.2 Å². The van der Waals surface area contributed by atoms with Gasteiger partial charge in [0.05, 0.1) is 23.9 Å². The maximum Gasteiger partial charge on any atom is 0.345 e. The van der Waals surface area contributed by atoms with Crippen molar-refractivity contribution in [3.8, 4) is 17.2 Å². The Hall–Kier alpha value is -3.55. The van der Waals surface area contributed by atoms with Gasteiger partial charge >= 0.3 is 5.97 Å². The van der Waals surface area contributed by atoms with Gasteiger partial charge in [0, 0.05) is 5.02 Å². The molecule has 0 radical (unpaired) electrons. The first-order chi connectivity index (χ1) is 17.4. The summed E-state index contributed by atoms with van der Waals surface area (Å²) in [5.74, 6) is 0.0558. The summed E-state index contributed by atoms with van der Waals surface area (Å²) >= 11 is 11.9. The van der Waals surface area contributed by atoms with E-state index in [9.17, 15) is 9.59 Å². The van der Waals surface area contributed by atoms with Gasteiger partial charge in [-0.05, 0) is 72.5 Å². The molecule has 1 N–H and O–H groups in total. The summed E-state index contributed by atoms with van der Waals surface area (Å²) < 4.78 is 16.2. The van der Waals surface area contributed by atoms with Crippen molar-refractivity contribution in [3.63, 3.8) is 0 Å². The van der Waals surface area contributed by atoms with Crippen molar-refractivity contribution < 1.29 is 23.8 Å². The van der Waals surface area contributed by atoms with Crippen LogP contribution in [-0.4, -0.2) is 31.8 Å². The number of carbonyl (C=O) groups excluding carboxylic acids is 2. The molecule has 36 heavy (non-hydrogen) atoms. The van der Waals surface area contributed by atoms with E-state index in [1.807, 2.05) is 24.3 Å². The second kappa shape index (κ2) is 13.5. The first-order valence-electron chi connectivity index (χ1n) is 11.3. The molecule has 1 amide bonds. The van der Waals surface area contributed by atoms with Crippen LogP contribution in [0.25, 0.3) is 0 Å². The van der Waals surface area contributed by atoms with Gasteiger partial charge in [0.15, 0.2) is 18.1 Å². The lowest BCUT2D eigenvalue weighted by Gasteiger charge is -2.10. The van der Waals surface area contributed by atoms with E-state index in [1.165, 1.54) is 31.0 Å². The Balaban J connectivity index is 1.52. The fourth-order valence-electron chi connectivity index (χ4n) is 3.15. The molecule has 0 saturated carbocycles. The number of nitrogens with one attached hydrogen (secondary N) is 1. The summed E-state index contributed by atoms with van der Waals surface area (Å²) in [6.45, 7) is 1.98. The molecule has 0 atom stereocenters.